The maximum Gasteiger partial charge on any atom is 0.130 e. The van der Waals surface area contributed by atoms with Crippen molar-refractivity contribution in [2.45, 2.75) is 32.9 Å². The molecule has 0 aliphatic rings. The highest BCUT2D eigenvalue weighted by Gasteiger charge is 2.25. The molecule has 1 aromatic rings. The van der Waals surface area contributed by atoms with Crippen LogP contribution in [-0.2, 0) is 6.54 Å². The van der Waals surface area contributed by atoms with Gasteiger partial charge in [-0.15, -0.1) is 12.4 Å². The predicted molar refractivity (Wildman–Crippen MR) is 72.7 cm³/mol. The first-order valence-electron chi connectivity index (χ1n) is 5.78. The number of hydrogen-bond donors (Lipinski definition) is 2. The van der Waals surface area contributed by atoms with Crippen molar-refractivity contribution in [2.75, 3.05) is 6.54 Å². The Morgan fingerprint density at radius 2 is 1.94 bits per heavy atom. The molecule has 0 bridgehead atoms. The van der Waals surface area contributed by atoms with E-state index in [-0.39, 0.29) is 17.9 Å². The molecule has 0 saturated heterocycles. The third-order valence-corrected chi connectivity index (χ3v) is 3.40. The predicted octanol–water partition coefficient (Wildman–Crippen LogP) is 2.85. The molecular weight excluding hydrogens is 258 g/mol. The molecule has 18 heavy (non-hydrogen) atoms. The van der Waals surface area contributed by atoms with Crippen molar-refractivity contribution in [2.24, 2.45) is 11.7 Å². The van der Waals surface area contributed by atoms with Gasteiger partial charge in [-0.1, -0.05) is 19.9 Å². The summed E-state index contributed by atoms with van der Waals surface area (Å²) in [6.07, 6.45) is 0. The number of nitrogens with two attached hydrogens (primary N) is 1. The fourth-order valence-corrected chi connectivity index (χ4v) is 1.47. The van der Waals surface area contributed by atoms with E-state index in [1.165, 1.54) is 12.1 Å². The van der Waals surface area contributed by atoms with E-state index in [9.17, 15) is 8.78 Å². The monoisotopic (exact) mass is 278 g/mol. The summed E-state index contributed by atoms with van der Waals surface area (Å²) in [5.74, 6) is -0.756. The summed E-state index contributed by atoms with van der Waals surface area (Å²) < 4.78 is 26.2. The second-order valence-electron chi connectivity index (χ2n) is 4.87. The van der Waals surface area contributed by atoms with E-state index in [1.54, 1.807) is 0 Å². The molecule has 2 nitrogen and oxygen atoms in total. The Hall–Kier alpha value is -0.710. The molecule has 0 amide bonds. The zero-order valence-electron chi connectivity index (χ0n) is 11.0. The van der Waals surface area contributed by atoms with Crippen LogP contribution in [0.5, 0.6) is 0 Å². The van der Waals surface area contributed by atoms with Gasteiger partial charge in [-0.05, 0) is 18.9 Å². The second kappa shape index (κ2) is 7.02. The molecule has 0 aliphatic heterocycles. The quantitative estimate of drug-likeness (QED) is 0.869. The molecule has 0 aromatic heterocycles. The van der Waals surface area contributed by atoms with E-state index in [0.717, 1.165) is 6.07 Å². The van der Waals surface area contributed by atoms with Gasteiger partial charge in [0.1, 0.15) is 11.6 Å². The van der Waals surface area contributed by atoms with Gasteiger partial charge in [0.2, 0.25) is 0 Å². The van der Waals surface area contributed by atoms with Crippen LogP contribution in [0.3, 0.4) is 0 Å². The molecule has 1 aromatic carbocycles. The van der Waals surface area contributed by atoms with Crippen molar-refractivity contribution in [1.82, 2.24) is 5.32 Å². The third kappa shape index (κ3) is 4.19. The molecule has 1 unspecified atom stereocenters. The molecule has 0 fully saturated rings. The molecule has 0 spiro atoms. The van der Waals surface area contributed by atoms with Crippen molar-refractivity contribution >= 4 is 12.4 Å². The smallest absolute Gasteiger partial charge is 0.130 e. The number of rotatable bonds is 5. The van der Waals surface area contributed by atoms with Gasteiger partial charge in [-0.2, -0.15) is 0 Å². The lowest BCUT2D eigenvalue weighted by Crippen LogP contribution is -2.52. The summed E-state index contributed by atoms with van der Waals surface area (Å²) in [7, 11) is 0. The van der Waals surface area contributed by atoms with E-state index in [0.29, 0.717) is 24.6 Å². The maximum absolute atomic E-state index is 13.4. The highest BCUT2D eigenvalue weighted by Crippen LogP contribution is 2.17. The van der Waals surface area contributed by atoms with Crippen LogP contribution in [0.4, 0.5) is 8.78 Å². The summed E-state index contributed by atoms with van der Waals surface area (Å²) in [4.78, 5) is 0. The van der Waals surface area contributed by atoms with Crippen LogP contribution in [0, 0.1) is 17.6 Å². The van der Waals surface area contributed by atoms with Crippen LogP contribution in [0.1, 0.15) is 26.3 Å². The number of nitrogens with one attached hydrogen (secondary N) is 1. The zero-order valence-corrected chi connectivity index (χ0v) is 11.8. The summed E-state index contributed by atoms with van der Waals surface area (Å²) in [6.45, 7) is 6.92. The molecule has 0 saturated carbocycles. The Morgan fingerprint density at radius 3 is 2.39 bits per heavy atom. The van der Waals surface area contributed by atoms with Crippen LogP contribution < -0.4 is 11.1 Å². The molecule has 1 rings (SSSR count). The van der Waals surface area contributed by atoms with E-state index in [2.05, 4.69) is 19.2 Å². The second-order valence-corrected chi connectivity index (χ2v) is 4.87. The number of benzene rings is 1. The van der Waals surface area contributed by atoms with Gasteiger partial charge in [0.05, 0.1) is 0 Å². The summed E-state index contributed by atoms with van der Waals surface area (Å²) in [5, 5.41) is 3.23. The molecule has 0 aliphatic carbocycles. The van der Waals surface area contributed by atoms with Gasteiger partial charge in [-0.3, -0.25) is 0 Å². The van der Waals surface area contributed by atoms with E-state index in [1.807, 2.05) is 6.92 Å². The lowest BCUT2D eigenvalue weighted by molar-refractivity contribution is 0.265. The van der Waals surface area contributed by atoms with Crippen molar-refractivity contribution in [1.29, 1.82) is 0 Å². The van der Waals surface area contributed by atoms with Gasteiger partial charge in [0, 0.05) is 30.3 Å². The van der Waals surface area contributed by atoms with Crippen LogP contribution in [0.25, 0.3) is 0 Å². The molecule has 5 heteroatoms. The molecular formula is C13H21ClF2N2. The average molecular weight is 279 g/mol. The van der Waals surface area contributed by atoms with Gasteiger partial charge >= 0.3 is 0 Å². The van der Waals surface area contributed by atoms with Gasteiger partial charge in [-0.25, -0.2) is 8.78 Å². The van der Waals surface area contributed by atoms with E-state index >= 15 is 0 Å². The van der Waals surface area contributed by atoms with Crippen LogP contribution >= 0.6 is 12.4 Å². The summed E-state index contributed by atoms with van der Waals surface area (Å²) >= 11 is 0. The van der Waals surface area contributed by atoms with Crippen LogP contribution in [0.15, 0.2) is 18.2 Å². The highest BCUT2D eigenvalue weighted by molar-refractivity contribution is 5.85. The Labute approximate surface area is 113 Å². The SMILES string of the molecule is CC(C)C(C)(CN)NCc1ccc(F)cc1F.Cl. The fraction of sp³-hybridized carbons (Fsp3) is 0.538. The molecule has 0 radical (unpaired) electrons. The largest absolute Gasteiger partial charge is 0.329 e. The maximum atomic E-state index is 13.4. The normalized spacial score (nSPS) is 14.2. The summed E-state index contributed by atoms with van der Waals surface area (Å²) in [5.41, 5.74) is 5.92. The van der Waals surface area contributed by atoms with Crippen LogP contribution in [-0.4, -0.2) is 12.1 Å². The standard InChI is InChI=1S/C13H20F2N2.ClH/c1-9(2)13(3,8-16)17-7-10-4-5-11(14)6-12(10)15;/h4-6,9,17H,7-8,16H2,1-3H3;1H. The Morgan fingerprint density at radius 1 is 1.33 bits per heavy atom. The van der Waals surface area contributed by atoms with Crippen molar-refractivity contribution < 1.29 is 8.78 Å². The average Bonchev–Trinajstić information content (AvgIpc) is 2.27. The Balaban J connectivity index is 0.00000289. The third-order valence-electron chi connectivity index (χ3n) is 3.40. The fourth-order valence-electron chi connectivity index (χ4n) is 1.47. The highest BCUT2D eigenvalue weighted by atomic mass is 35.5. The van der Waals surface area contributed by atoms with E-state index in [4.69, 9.17) is 5.73 Å². The lowest BCUT2D eigenvalue weighted by Gasteiger charge is -2.34. The first-order chi connectivity index (χ1) is 7.89. The minimum Gasteiger partial charge on any atom is -0.329 e. The number of halogens is 3. The minimum atomic E-state index is -0.559. The minimum absolute atomic E-state index is 0. The first kappa shape index (κ1) is 17.3. The molecule has 104 valence electrons. The Kier molecular flexibility index (Phi) is 6.74. The Bertz CT molecular complexity index is 385. The molecule has 0 heterocycles. The van der Waals surface area contributed by atoms with Crippen molar-refractivity contribution in [3.63, 3.8) is 0 Å². The van der Waals surface area contributed by atoms with Gasteiger partial charge < -0.3 is 11.1 Å². The van der Waals surface area contributed by atoms with Crippen molar-refractivity contribution in [3.8, 4) is 0 Å². The molecule has 1 atom stereocenters. The van der Waals surface area contributed by atoms with Crippen molar-refractivity contribution in [3.05, 3.63) is 35.4 Å². The topological polar surface area (TPSA) is 38.0 Å². The first-order valence-corrected chi connectivity index (χ1v) is 5.78. The van der Waals surface area contributed by atoms with Gasteiger partial charge in [0.15, 0.2) is 0 Å². The lowest BCUT2D eigenvalue weighted by atomic mass is 9.88. The van der Waals surface area contributed by atoms with Gasteiger partial charge in [0.25, 0.3) is 0 Å². The molecule has 3 N–H and O–H groups in total. The summed E-state index contributed by atoms with van der Waals surface area (Å²) in [6, 6.07) is 3.61. The number of hydrogen-bond acceptors (Lipinski definition) is 2. The van der Waals surface area contributed by atoms with Crippen LogP contribution in [0.2, 0.25) is 0 Å². The van der Waals surface area contributed by atoms with E-state index < -0.39 is 11.6 Å². The zero-order chi connectivity index (χ0) is 13.1.